The number of fused-ring (bicyclic) bond motifs is 2. The molecule has 0 fully saturated rings. The Kier molecular flexibility index (Phi) is 7.41. The van der Waals surface area contributed by atoms with Crippen LogP contribution in [0, 0.1) is 11.6 Å². The number of aromatic nitrogens is 4. The average Bonchev–Trinajstić information content (AvgIpc) is 3.33. The highest BCUT2D eigenvalue weighted by Crippen LogP contribution is 2.34. The summed E-state index contributed by atoms with van der Waals surface area (Å²) in [6, 6.07) is 9.74. The Balaban J connectivity index is 1.92. The van der Waals surface area contributed by atoms with E-state index in [1.807, 2.05) is 12.1 Å². The maximum absolute atomic E-state index is 14.0. The van der Waals surface area contributed by atoms with Gasteiger partial charge < -0.3 is 9.13 Å². The summed E-state index contributed by atoms with van der Waals surface area (Å²) in [5, 5.41) is 0. The van der Waals surface area contributed by atoms with Crippen molar-refractivity contribution in [2.24, 2.45) is 0 Å². The number of hydrogen-bond acceptors (Lipinski definition) is 2. The van der Waals surface area contributed by atoms with Gasteiger partial charge in [-0.2, -0.15) is 0 Å². The minimum absolute atomic E-state index is 0.0374. The second-order valence-corrected chi connectivity index (χ2v) is 8.91. The van der Waals surface area contributed by atoms with Crippen molar-refractivity contribution in [1.29, 1.82) is 0 Å². The maximum atomic E-state index is 14.0. The Morgan fingerprint density at radius 3 is 1.58 bits per heavy atom. The molecule has 0 unspecified atom stereocenters. The molecule has 4 nitrogen and oxygen atoms in total. The quantitative estimate of drug-likeness (QED) is 0.235. The fourth-order valence-electron chi connectivity index (χ4n) is 4.66. The van der Waals surface area contributed by atoms with E-state index < -0.39 is 0 Å². The van der Waals surface area contributed by atoms with E-state index in [2.05, 4.69) is 29.9 Å². The minimum Gasteiger partial charge on any atom is -0.327 e. The molecule has 0 aliphatic heterocycles. The summed E-state index contributed by atoms with van der Waals surface area (Å²) in [4.78, 5) is 9.92. The predicted molar refractivity (Wildman–Crippen MR) is 131 cm³/mol. The molecule has 0 spiro atoms. The van der Waals surface area contributed by atoms with Crippen LogP contribution in [-0.4, -0.2) is 19.1 Å². The zero-order valence-electron chi connectivity index (χ0n) is 20.0. The number of nitrogens with zero attached hydrogens (tertiary/aromatic N) is 4. The molecule has 2 aromatic carbocycles. The topological polar surface area (TPSA) is 35.6 Å². The number of benzene rings is 2. The van der Waals surface area contributed by atoms with Crippen LogP contribution in [0.2, 0.25) is 0 Å². The molecule has 2 heterocycles. The van der Waals surface area contributed by atoms with Crippen LogP contribution in [0.4, 0.5) is 8.78 Å². The molecule has 0 atom stereocenters. The minimum atomic E-state index is -0.273. The Bertz CT molecular complexity index is 1130. The van der Waals surface area contributed by atoms with E-state index in [0.29, 0.717) is 11.0 Å². The smallest absolute Gasteiger partial charge is 0.125 e. The van der Waals surface area contributed by atoms with Crippen molar-refractivity contribution in [2.45, 2.75) is 84.7 Å². The van der Waals surface area contributed by atoms with Crippen LogP contribution >= 0.6 is 0 Å². The van der Waals surface area contributed by atoms with Crippen LogP contribution in [0.1, 0.15) is 83.3 Å². The average molecular weight is 453 g/mol. The van der Waals surface area contributed by atoms with Gasteiger partial charge in [-0.1, -0.05) is 46.5 Å². The molecule has 176 valence electrons. The molecule has 0 N–H and O–H groups in total. The third-order valence-corrected chi connectivity index (χ3v) is 6.42. The van der Waals surface area contributed by atoms with Crippen LogP contribution in [0.5, 0.6) is 0 Å². The van der Waals surface area contributed by atoms with Gasteiger partial charge in [0.2, 0.25) is 0 Å². The number of hydrogen-bond donors (Lipinski definition) is 0. The summed E-state index contributed by atoms with van der Waals surface area (Å²) in [6.07, 6.45) is 7.15. The molecule has 0 amide bonds. The Labute approximate surface area is 194 Å². The molecule has 0 saturated carbocycles. The normalized spacial score (nSPS) is 11.9. The zero-order chi connectivity index (χ0) is 23.4. The van der Waals surface area contributed by atoms with Crippen LogP contribution in [-0.2, 0) is 13.1 Å². The molecule has 0 bridgehead atoms. The van der Waals surface area contributed by atoms with E-state index in [4.69, 9.17) is 9.97 Å². The lowest BCUT2D eigenvalue weighted by atomic mass is 9.99. The summed E-state index contributed by atoms with van der Waals surface area (Å²) < 4.78 is 32.6. The maximum Gasteiger partial charge on any atom is 0.125 e. The second kappa shape index (κ2) is 10.4. The van der Waals surface area contributed by atoms with Gasteiger partial charge in [0.05, 0.1) is 28.0 Å². The molecule has 33 heavy (non-hydrogen) atoms. The van der Waals surface area contributed by atoms with Crippen molar-refractivity contribution in [3.8, 4) is 0 Å². The molecule has 0 aliphatic carbocycles. The largest absolute Gasteiger partial charge is 0.327 e. The molecule has 6 heteroatoms. The third kappa shape index (κ3) is 4.80. The lowest BCUT2D eigenvalue weighted by Gasteiger charge is -2.20. The summed E-state index contributed by atoms with van der Waals surface area (Å²) >= 11 is 0. The zero-order valence-corrected chi connectivity index (χ0v) is 20.0. The fourth-order valence-corrected chi connectivity index (χ4v) is 4.66. The first-order valence-corrected chi connectivity index (χ1v) is 12.4. The number of aryl methyl sites for hydroxylation is 2. The highest BCUT2D eigenvalue weighted by atomic mass is 19.1. The van der Waals surface area contributed by atoms with Crippen LogP contribution in [0.25, 0.3) is 22.1 Å². The first-order chi connectivity index (χ1) is 16.1. The van der Waals surface area contributed by atoms with Crippen LogP contribution in [0.3, 0.4) is 0 Å². The molecule has 4 aromatic rings. The number of unbranched alkanes of at least 4 members (excludes halogenated alkanes) is 3. The lowest BCUT2D eigenvalue weighted by Crippen LogP contribution is -2.16. The highest BCUT2D eigenvalue weighted by Gasteiger charge is 2.27. The van der Waals surface area contributed by atoms with Gasteiger partial charge in [0.15, 0.2) is 0 Å². The fraction of sp³-hybridized carbons (Fsp3) is 0.481. The van der Waals surface area contributed by atoms with E-state index in [1.54, 1.807) is 0 Å². The highest BCUT2D eigenvalue weighted by molar-refractivity contribution is 5.78. The van der Waals surface area contributed by atoms with E-state index in [9.17, 15) is 8.78 Å². The number of rotatable bonds is 11. The lowest BCUT2D eigenvalue weighted by molar-refractivity contribution is 0.517. The van der Waals surface area contributed by atoms with E-state index in [1.165, 1.54) is 24.3 Å². The van der Waals surface area contributed by atoms with Gasteiger partial charge >= 0.3 is 0 Å². The van der Waals surface area contributed by atoms with Gasteiger partial charge in [-0.05, 0) is 43.5 Å². The van der Waals surface area contributed by atoms with E-state index in [-0.39, 0.29) is 17.6 Å². The van der Waals surface area contributed by atoms with Gasteiger partial charge in [-0.15, -0.1) is 0 Å². The van der Waals surface area contributed by atoms with E-state index >= 15 is 0 Å². The third-order valence-electron chi connectivity index (χ3n) is 6.42. The van der Waals surface area contributed by atoms with Gasteiger partial charge in [0.25, 0.3) is 0 Å². The van der Waals surface area contributed by atoms with Crippen LogP contribution < -0.4 is 0 Å². The van der Waals surface area contributed by atoms with Crippen molar-refractivity contribution in [2.75, 3.05) is 0 Å². The monoisotopic (exact) mass is 452 g/mol. The molecule has 2 aromatic heterocycles. The van der Waals surface area contributed by atoms with Crippen molar-refractivity contribution in [1.82, 2.24) is 19.1 Å². The molecule has 0 aliphatic rings. The summed E-state index contributed by atoms with van der Waals surface area (Å²) in [6.45, 7) is 8.19. The van der Waals surface area contributed by atoms with Gasteiger partial charge in [-0.3, -0.25) is 0 Å². The molecular formula is C27H34F2N4. The predicted octanol–water partition coefficient (Wildman–Crippen LogP) is 7.59. The standard InChI is InChI=1S/C27H34F2N4/c1-4-7-10-21(26-30-22-17-19(28)11-13-24(22)32(26)15-8-5-2)27-31-23-18-20(29)12-14-25(23)33(27)16-9-6-3/h11-14,17-18,21H,4-10,15-16H2,1-3H3. The Morgan fingerprint density at radius 1 is 0.697 bits per heavy atom. The summed E-state index contributed by atoms with van der Waals surface area (Å²) in [5.41, 5.74) is 3.29. The van der Waals surface area contributed by atoms with Gasteiger partial charge in [0.1, 0.15) is 23.3 Å². The number of halogens is 2. The Morgan fingerprint density at radius 2 is 1.15 bits per heavy atom. The second-order valence-electron chi connectivity index (χ2n) is 8.91. The van der Waals surface area contributed by atoms with E-state index in [0.717, 1.165) is 80.7 Å². The van der Waals surface area contributed by atoms with Gasteiger partial charge in [0, 0.05) is 25.2 Å². The van der Waals surface area contributed by atoms with Gasteiger partial charge in [-0.25, -0.2) is 18.7 Å². The van der Waals surface area contributed by atoms with Crippen molar-refractivity contribution in [3.63, 3.8) is 0 Å². The molecule has 0 saturated heterocycles. The summed E-state index contributed by atoms with van der Waals surface area (Å²) in [5.74, 6) is 1.29. The summed E-state index contributed by atoms with van der Waals surface area (Å²) in [7, 11) is 0. The van der Waals surface area contributed by atoms with Crippen molar-refractivity contribution >= 4 is 22.1 Å². The van der Waals surface area contributed by atoms with Crippen LogP contribution in [0.15, 0.2) is 36.4 Å². The number of imidazole rings is 2. The SMILES string of the molecule is CCCCC(c1nc2cc(F)ccc2n1CCCC)c1nc2cc(F)ccc2n1CCCC. The first kappa shape index (κ1) is 23.4. The van der Waals surface area contributed by atoms with Crippen molar-refractivity contribution < 1.29 is 8.78 Å². The Hall–Kier alpha value is -2.76. The molecule has 4 rings (SSSR count). The molecular weight excluding hydrogens is 418 g/mol. The first-order valence-electron chi connectivity index (χ1n) is 12.4. The molecule has 0 radical (unpaired) electrons. The van der Waals surface area contributed by atoms with Crippen molar-refractivity contribution in [3.05, 3.63) is 59.7 Å².